The fourth-order valence-corrected chi connectivity index (χ4v) is 5.19. The average Bonchev–Trinajstić information content (AvgIpc) is 3.04. The van der Waals surface area contributed by atoms with Gasteiger partial charge >= 0.3 is 7.12 Å². The van der Waals surface area contributed by atoms with Gasteiger partial charge < -0.3 is 24.7 Å². The maximum atomic E-state index is 16.0. The first-order valence-electron chi connectivity index (χ1n) is 15.0. The Bertz CT molecular complexity index is 1890. The number of H-pyrrole nitrogens is 1. The zero-order valence-corrected chi connectivity index (χ0v) is 27.9. The molecule has 0 spiro atoms. The number of hydrogen-bond acceptors (Lipinski definition) is 8. The van der Waals surface area contributed by atoms with E-state index < -0.39 is 12.7 Å². The first-order valence-corrected chi connectivity index (χ1v) is 15.4. The van der Waals surface area contributed by atoms with Crippen LogP contribution >= 0.6 is 11.6 Å². The Labute approximate surface area is 279 Å². The molecule has 0 radical (unpaired) electrons. The molecule has 0 saturated heterocycles. The van der Waals surface area contributed by atoms with Gasteiger partial charge in [0.1, 0.15) is 28.4 Å². The summed E-state index contributed by atoms with van der Waals surface area (Å²) in [5.41, 5.74) is 4.18. The smallest absolute Gasteiger partial charge is 0.363 e. The molecule has 47 heavy (non-hydrogen) atoms. The van der Waals surface area contributed by atoms with E-state index >= 15 is 4.32 Å². The Balaban J connectivity index is 1.59. The minimum absolute atomic E-state index is 0.113. The fraction of sp³-hybridized carbons (Fsp3) is 0.235. The summed E-state index contributed by atoms with van der Waals surface area (Å²) in [6, 6.07) is 17.1. The van der Waals surface area contributed by atoms with Gasteiger partial charge in [-0.1, -0.05) is 78.4 Å². The summed E-state index contributed by atoms with van der Waals surface area (Å²) in [7, 11) is -0.121. The van der Waals surface area contributed by atoms with Crippen molar-refractivity contribution in [3.05, 3.63) is 116 Å². The summed E-state index contributed by atoms with van der Waals surface area (Å²) in [4.78, 5) is 45.1. The Morgan fingerprint density at radius 3 is 2.45 bits per heavy atom. The SMILES string of the molecule is C/C=C\c1c(NC=O)nc(C)nc1N[C@H](C)c1ccc(-c2ccccc2CN(C)B(F)c2cc(C)c(Cl)nc(C)nc[nH]c2=O)cc1. The zero-order chi connectivity index (χ0) is 34.1. The number of allylic oxidation sites excluding steroid dienone is 1. The highest BCUT2D eigenvalue weighted by atomic mass is 35.5. The molecular formula is C34H37BClFN8O2. The van der Waals surface area contributed by atoms with Crippen LogP contribution in [0.4, 0.5) is 16.0 Å². The second-order valence-corrected chi connectivity index (χ2v) is 11.4. The molecule has 2 heterocycles. The molecule has 0 saturated carbocycles. The average molecular weight is 655 g/mol. The van der Waals surface area contributed by atoms with Gasteiger partial charge in [-0.05, 0) is 69.5 Å². The number of nitrogens with one attached hydrogen (secondary N) is 3. The Hall–Kier alpha value is -4.94. The van der Waals surface area contributed by atoms with E-state index in [0.717, 1.165) is 22.3 Å². The van der Waals surface area contributed by atoms with Crippen LogP contribution in [0, 0.1) is 20.8 Å². The minimum atomic E-state index is -1.74. The van der Waals surface area contributed by atoms with Crippen molar-refractivity contribution in [1.29, 1.82) is 0 Å². The minimum Gasteiger partial charge on any atom is -0.363 e. The van der Waals surface area contributed by atoms with E-state index in [4.69, 9.17) is 11.6 Å². The molecule has 0 aliphatic heterocycles. The molecule has 2 aromatic carbocycles. The van der Waals surface area contributed by atoms with Crippen LogP contribution in [0.1, 0.15) is 53.8 Å². The number of halogens is 2. The van der Waals surface area contributed by atoms with E-state index in [1.165, 1.54) is 17.2 Å². The summed E-state index contributed by atoms with van der Waals surface area (Å²) >= 11 is 6.27. The molecule has 0 bridgehead atoms. The molecular weight excluding hydrogens is 618 g/mol. The molecule has 1 atom stereocenters. The van der Waals surface area contributed by atoms with Crippen LogP contribution in [0.2, 0.25) is 5.15 Å². The molecule has 0 unspecified atom stereocenters. The molecule has 3 N–H and O–H groups in total. The predicted octanol–water partition coefficient (Wildman–Crippen LogP) is 5.90. The number of aromatic nitrogens is 5. The molecule has 0 aliphatic carbocycles. The van der Waals surface area contributed by atoms with Gasteiger partial charge in [0.25, 0.3) is 0 Å². The number of carbonyl (C=O) groups is 1. The van der Waals surface area contributed by atoms with Crippen molar-refractivity contribution in [3.63, 3.8) is 0 Å². The van der Waals surface area contributed by atoms with E-state index in [9.17, 15) is 9.59 Å². The van der Waals surface area contributed by atoms with E-state index in [2.05, 4.69) is 35.6 Å². The second kappa shape index (κ2) is 16.1. The van der Waals surface area contributed by atoms with Crippen LogP contribution < -0.4 is 21.7 Å². The monoisotopic (exact) mass is 654 g/mol. The number of amides is 1. The second-order valence-electron chi connectivity index (χ2n) is 11.0. The fourth-order valence-electron chi connectivity index (χ4n) is 5.01. The molecule has 4 aromatic rings. The summed E-state index contributed by atoms with van der Waals surface area (Å²) in [6.07, 6.45) is 5.48. The van der Waals surface area contributed by atoms with E-state index in [1.54, 1.807) is 27.8 Å². The lowest BCUT2D eigenvalue weighted by atomic mass is 9.75. The van der Waals surface area contributed by atoms with Crippen molar-refractivity contribution >= 4 is 48.3 Å². The van der Waals surface area contributed by atoms with E-state index in [1.807, 2.05) is 74.5 Å². The van der Waals surface area contributed by atoms with Crippen LogP contribution in [-0.4, -0.2) is 50.3 Å². The quantitative estimate of drug-likeness (QED) is 0.135. The standard InChI is InChI=1S/C34H37BClFN8O2/c1-7-10-29-32(40-20-46)43-24(5)44-33(29)41-22(3)25-13-15-26(16-14-25)28-12-9-8-11-27(28)18-45(6)35(37)30-17-21(2)31(36)42-23(4)38-19-39-34(30)47/h7-17,19-20,22H,18H2,1-6H3,(H,38,39,42,47)(H2,40,41,43,44,46)/b10-7-/t22-/m1/s1. The number of rotatable bonds is 11. The summed E-state index contributed by atoms with van der Waals surface area (Å²) < 4.78 is 16.0. The largest absolute Gasteiger partial charge is 0.470 e. The van der Waals surface area contributed by atoms with Gasteiger partial charge in [-0.25, -0.2) is 19.9 Å². The van der Waals surface area contributed by atoms with Crippen LogP contribution in [0.5, 0.6) is 0 Å². The highest BCUT2D eigenvalue weighted by molar-refractivity contribution is 6.63. The van der Waals surface area contributed by atoms with Crippen LogP contribution in [0.3, 0.4) is 0 Å². The predicted molar refractivity (Wildman–Crippen MR) is 188 cm³/mol. The summed E-state index contributed by atoms with van der Waals surface area (Å²) in [6.45, 7) is 9.21. The third-order valence-electron chi connectivity index (χ3n) is 7.41. The highest BCUT2D eigenvalue weighted by Crippen LogP contribution is 2.29. The van der Waals surface area contributed by atoms with Crippen LogP contribution in [-0.2, 0) is 11.3 Å². The van der Waals surface area contributed by atoms with Crippen LogP contribution in [0.25, 0.3) is 17.2 Å². The van der Waals surface area contributed by atoms with Crippen LogP contribution in [0.15, 0.2) is 71.8 Å². The normalized spacial score (nSPS) is 11.7. The Morgan fingerprint density at radius 2 is 1.74 bits per heavy atom. The number of aromatic amines is 1. The Morgan fingerprint density at radius 1 is 1.04 bits per heavy atom. The van der Waals surface area contributed by atoms with Gasteiger partial charge in [0.15, 0.2) is 0 Å². The number of anilines is 2. The number of nitrogens with zero attached hydrogens (tertiary/aromatic N) is 5. The van der Waals surface area contributed by atoms with Crippen molar-refractivity contribution in [1.82, 2.24) is 29.7 Å². The van der Waals surface area contributed by atoms with Crippen molar-refractivity contribution in [3.8, 4) is 11.1 Å². The molecule has 1 amide bonds. The first-order chi connectivity index (χ1) is 22.5. The lowest BCUT2D eigenvalue weighted by molar-refractivity contribution is -0.105. The maximum Gasteiger partial charge on any atom is 0.470 e. The molecule has 2 aromatic heterocycles. The van der Waals surface area contributed by atoms with Gasteiger partial charge in [-0.2, -0.15) is 0 Å². The number of benzene rings is 2. The van der Waals surface area contributed by atoms with Gasteiger partial charge in [0.2, 0.25) is 12.0 Å². The summed E-state index contributed by atoms with van der Waals surface area (Å²) in [5, 5.41) is 6.23. The highest BCUT2D eigenvalue weighted by Gasteiger charge is 2.27. The first kappa shape index (κ1) is 34.9. The zero-order valence-electron chi connectivity index (χ0n) is 27.2. The number of aryl methyl sites for hydroxylation is 3. The molecule has 13 heteroatoms. The van der Waals surface area contributed by atoms with Gasteiger partial charge in [-0.15, -0.1) is 0 Å². The number of hydrogen-bond donors (Lipinski definition) is 3. The maximum absolute atomic E-state index is 16.0. The third kappa shape index (κ3) is 8.87. The molecule has 0 aliphatic rings. The van der Waals surface area contributed by atoms with Gasteiger partial charge in [0.05, 0.1) is 11.9 Å². The van der Waals surface area contributed by atoms with E-state index in [0.29, 0.717) is 40.8 Å². The van der Waals surface area contributed by atoms with Gasteiger partial charge in [0, 0.05) is 18.0 Å². The molecule has 242 valence electrons. The third-order valence-corrected chi connectivity index (χ3v) is 7.79. The molecule has 10 nitrogen and oxygen atoms in total. The Kier molecular flexibility index (Phi) is 11.9. The molecule has 4 rings (SSSR count). The summed E-state index contributed by atoms with van der Waals surface area (Å²) in [5.74, 6) is 1.92. The lowest BCUT2D eigenvalue weighted by Gasteiger charge is -2.21. The lowest BCUT2D eigenvalue weighted by Crippen LogP contribution is -2.49. The molecule has 0 fully saturated rings. The van der Waals surface area contributed by atoms with Crippen molar-refractivity contribution in [2.75, 3.05) is 17.7 Å². The number of carbonyl (C=O) groups excluding carboxylic acids is 1. The van der Waals surface area contributed by atoms with E-state index in [-0.39, 0.29) is 23.2 Å². The van der Waals surface area contributed by atoms with Crippen molar-refractivity contribution in [2.24, 2.45) is 0 Å². The topological polar surface area (TPSA) is 129 Å². The van der Waals surface area contributed by atoms with Gasteiger partial charge in [-0.3, -0.25) is 9.59 Å². The van der Waals surface area contributed by atoms with Crippen molar-refractivity contribution < 1.29 is 9.11 Å². The van der Waals surface area contributed by atoms with Crippen molar-refractivity contribution in [2.45, 2.75) is 47.2 Å².